The summed E-state index contributed by atoms with van der Waals surface area (Å²) in [6.07, 6.45) is -1.46. The minimum atomic E-state index is -4.58. The fourth-order valence-corrected chi connectivity index (χ4v) is 4.49. The van der Waals surface area contributed by atoms with Crippen LogP contribution in [0.15, 0.2) is 42.5 Å². The number of halogens is 3. The molecule has 184 valence electrons. The van der Waals surface area contributed by atoms with E-state index in [4.69, 9.17) is 4.74 Å². The number of ether oxygens (including phenoxy) is 1. The van der Waals surface area contributed by atoms with Crippen LogP contribution in [0.1, 0.15) is 64.9 Å². The number of carbonyl (C=O) groups excluding carboxylic acids is 3. The van der Waals surface area contributed by atoms with Crippen LogP contribution in [0.2, 0.25) is 0 Å². The molecule has 1 fully saturated rings. The summed E-state index contributed by atoms with van der Waals surface area (Å²) >= 11 is 0. The van der Waals surface area contributed by atoms with Crippen molar-refractivity contribution in [2.24, 2.45) is 5.92 Å². The molecule has 0 unspecified atom stereocenters. The second-order valence-electron chi connectivity index (χ2n) is 8.46. The molecule has 7 nitrogen and oxygen atoms in total. The number of hydrogen-bond acceptors (Lipinski definition) is 5. The van der Waals surface area contributed by atoms with Crippen molar-refractivity contribution in [3.8, 4) is 0 Å². The third kappa shape index (κ3) is 5.21. The van der Waals surface area contributed by atoms with E-state index in [1.54, 1.807) is 25.1 Å². The summed E-state index contributed by atoms with van der Waals surface area (Å²) in [5, 5.41) is 2.65. The number of amides is 1. The Bertz CT molecular complexity index is 1260. The third-order valence-electron chi connectivity index (χ3n) is 6.21. The van der Waals surface area contributed by atoms with Crippen LogP contribution >= 0.6 is 0 Å². The Morgan fingerprint density at radius 1 is 1.14 bits per heavy atom. The standard InChI is InChI=1S/C25H24F3N3O4/c1-2-35-23(34)16-7-9-19(10-8-16)31-21-11-6-15(14-32)12-20(21)29-24(31)30-22(33)17-4-3-5-18(13-17)25(26,27)28/h3-6,11-14,16,19H,2,7-10H2,1H3,(H,29,30,33). The summed E-state index contributed by atoms with van der Waals surface area (Å²) in [4.78, 5) is 40.7. The number of nitrogens with zero attached hydrogens (tertiary/aromatic N) is 2. The Kier molecular flexibility index (Phi) is 6.90. The highest BCUT2D eigenvalue weighted by Gasteiger charge is 2.32. The number of rotatable bonds is 6. The fraction of sp³-hybridized carbons (Fsp3) is 0.360. The summed E-state index contributed by atoms with van der Waals surface area (Å²) in [5.41, 5.74) is 0.476. The van der Waals surface area contributed by atoms with Gasteiger partial charge in [-0.1, -0.05) is 6.07 Å². The van der Waals surface area contributed by atoms with Gasteiger partial charge in [-0.05, 0) is 69.0 Å². The summed E-state index contributed by atoms with van der Waals surface area (Å²) in [6.45, 7) is 2.07. The van der Waals surface area contributed by atoms with E-state index in [2.05, 4.69) is 10.3 Å². The SMILES string of the molecule is CCOC(=O)C1CCC(n2c(NC(=O)c3cccc(C(F)(F)F)c3)nc3cc(C=O)ccc32)CC1. The molecule has 1 aliphatic rings. The molecule has 0 radical (unpaired) electrons. The van der Waals surface area contributed by atoms with Gasteiger partial charge in [-0.2, -0.15) is 13.2 Å². The highest BCUT2D eigenvalue weighted by molar-refractivity contribution is 6.04. The van der Waals surface area contributed by atoms with Crippen molar-refractivity contribution >= 4 is 35.1 Å². The molecule has 1 heterocycles. The van der Waals surface area contributed by atoms with E-state index in [0.717, 1.165) is 12.1 Å². The maximum absolute atomic E-state index is 13.1. The number of fused-ring (bicyclic) bond motifs is 1. The van der Waals surface area contributed by atoms with Crippen LogP contribution in [-0.4, -0.2) is 34.3 Å². The summed E-state index contributed by atoms with van der Waals surface area (Å²) < 4.78 is 46.3. The van der Waals surface area contributed by atoms with Gasteiger partial charge in [-0.3, -0.25) is 19.7 Å². The normalized spacial score (nSPS) is 18.3. The van der Waals surface area contributed by atoms with Gasteiger partial charge in [0, 0.05) is 17.2 Å². The Hall–Kier alpha value is -3.69. The number of imidazole rings is 1. The molecule has 0 bridgehead atoms. The van der Waals surface area contributed by atoms with Crippen LogP contribution in [0, 0.1) is 5.92 Å². The largest absolute Gasteiger partial charge is 0.466 e. The van der Waals surface area contributed by atoms with E-state index in [0.29, 0.717) is 55.2 Å². The van der Waals surface area contributed by atoms with E-state index in [1.165, 1.54) is 12.1 Å². The molecule has 1 amide bonds. The first kappa shape index (κ1) is 24.4. The first-order valence-electron chi connectivity index (χ1n) is 11.3. The number of esters is 1. The topological polar surface area (TPSA) is 90.3 Å². The van der Waals surface area contributed by atoms with E-state index >= 15 is 0 Å². The van der Waals surface area contributed by atoms with Crippen LogP contribution < -0.4 is 5.32 Å². The molecule has 3 aromatic rings. The maximum Gasteiger partial charge on any atom is 0.416 e. The Morgan fingerprint density at radius 2 is 1.89 bits per heavy atom. The lowest BCUT2D eigenvalue weighted by atomic mass is 9.86. The highest BCUT2D eigenvalue weighted by Crippen LogP contribution is 2.37. The van der Waals surface area contributed by atoms with Crippen molar-refractivity contribution in [1.82, 2.24) is 9.55 Å². The zero-order chi connectivity index (χ0) is 25.2. The van der Waals surface area contributed by atoms with Crippen molar-refractivity contribution in [3.63, 3.8) is 0 Å². The van der Waals surface area contributed by atoms with Gasteiger partial charge in [0.1, 0.15) is 6.29 Å². The third-order valence-corrected chi connectivity index (χ3v) is 6.21. The lowest BCUT2D eigenvalue weighted by Crippen LogP contribution is -2.26. The molecule has 1 aliphatic carbocycles. The number of carbonyl (C=O) groups is 3. The molecule has 1 N–H and O–H groups in total. The molecular formula is C25H24F3N3O4. The van der Waals surface area contributed by atoms with Gasteiger partial charge in [0.15, 0.2) is 0 Å². The fourth-order valence-electron chi connectivity index (χ4n) is 4.49. The number of aromatic nitrogens is 2. The van der Waals surface area contributed by atoms with Crippen molar-refractivity contribution in [2.75, 3.05) is 11.9 Å². The van der Waals surface area contributed by atoms with Crippen molar-refractivity contribution in [2.45, 2.75) is 44.8 Å². The second kappa shape index (κ2) is 9.89. The molecule has 0 spiro atoms. The predicted molar refractivity (Wildman–Crippen MR) is 122 cm³/mol. The lowest BCUT2D eigenvalue weighted by Gasteiger charge is -2.29. The highest BCUT2D eigenvalue weighted by atomic mass is 19.4. The van der Waals surface area contributed by atoms with Gasteiger partial charge in [-0.15, -0.1) is 0 Å². The summed E-state index contributed by atoms with van der Waals surface area (Å²) in [5.74, 6) is -0.991. The average Bonchev–Trinajstić information content (AvgIpc) is 3.20. The zero-order valence-electron chi connectivity index (χ0n) is 19.0. The van der Waals surface area contributed by atoms with Crippen LogP contribution in [0.3, 0.4) is 0 Å². The van der Waals surface area contributed by atoms with Crippen molar-refractivity contribution in [3.05, 3.63) is 59.2 Å². The maximum atomic E-state index is 13.1. The first-order chi connectivity index (χ1) is 16.7. The first-order valence-corrected chi connectivity index (χ1v) is 11.3. The smallest absolute Gasteiger partial charge is 0.416 e. The molecular weight excluding hydrogens is 463 g/mol. The minimum absolute atomic E-state index is 0.107. The minimum Gasteiger partial charge on any atom is -0.466 e. The lowest BCUT2D eigenvalue weighted by molar-refractivity contribution is -0.149. The number of hydrogen-bond donors (Lipinski definition) is 1. The van der Waals surface area contributed by atoms with Crippen molar-refractivity contribution in [1.29, 1.82) is 0 Å². The van der Waals surface area contributed by atoms with Gasteiger partial charge < -0.3 is 9.30 Å². The summed E-state index contributed by atoms with van der Waals surface area (Å²) in [7, 11) is 0. The molecule has 1 saturated carbocycles. The molecule has 2 aromatic carbocycles. The monoisotopic (exact) mass is 487 g/mol. The predicted octanol–water partition coefficient (Wildman–Crippen LogP) is 5.41. The zero-order valence-corrected chi connectivity index (χ0v) is 19.0. The Balaban J connectivity index is 1.65. The van der Waals surface area contributed by atoms with Gasteiger partial charge in [-0.25, -0.2) is 4.98 Å². The van der Waals surface area contributed by atoms with Crippen LogP contribution in [0.5, 0.6) is 0 Å². The van der Waals surface area contributed by atoms with Crippen LogP contribution in [-0.2, 0) is 15.7 Å². The van der Waals surface area contributed by atoms with E-state index < -0.39 is 17.6 Å². The Labute approximate surface area is 199 Å². The van der Waals surface area contributed by atoms with Gasteiger partial charge in [0.05, 0.1) is 29.1 Å². The van der Waals surface area contributed by atoms with E-state index in [1.807, 2.05) is 4.57 Å². The molecule has 0 aliphatic heterocycles. The van der Waals surface area contributed by atoms with Crippen LogP contribution in [0.4, 0.5) is 19.1 Å². The van der Waals surface area contributed by atoms with Gasteiger partial charge >= 0.3 is 12.1 Å². The number of benzene rings is 2. The van der Waals surface area contributed by atoms with Crippen LogP contribution in [0.25, 0.3) is 11.0 Å². The number of alkyl halides is 3. The quantitative estimate of drug-likeness (QED) is 0.371. The number of anilines is 1. The molecule has 35 heavy (non-hydrogen) atoms. The van der Waals surface area contributed by atoms with Gasteiger partial charge in [0.2, 0.25) is 5.95 Å². The van der Waals surface area contributed by atoms with E-state index in [-0.39, 0.29) is 29.4 Å². The second-order valence-corrected chi connectivity index (χ2v) is 8.46. The molecule has 4 rings (SSSR count). The number of aldehydes is 1. The molecule has 10 heteroatoms. The molecule has 1 aromatic heterocycles. The van der Waals surface area contributed by atoms with Crippen molar-refractivity contribution < 1.29 is 32.3 Å². The molecule has 0 saturated heterocycles. The average molecular weight is 487 g/mol. The summed E-state index contributed by atoms with van der Waals surface area (Å²) in [6, 6.07) is 9.00. The Morgan fingerprint density at radius 3 is 2.54 bits per heavy atom. The van der Waals surface area contributed by atoms with Gasteiger partial charge in [0.25, 0.3) is 5.91 Å². The number of nitrogens with one attached hydrogen (secondary N) is 1. The van der Waals surface area contributed by atoms with E-state index in [9.17, 15) is 27.6 Å². The molecule has 0 atom stereocenters.